The third kappa shape index (κ3) is 4.64. The predicted molar refractivity (Wildman–Crippen MR) is 59.1 cm³/mol. The van der Waals surface area contributed by atoms with Crippen LogP contribution in [0.3, 0.4) is 0 Å². The standard InChI is InChI=1S/C12H19NO2/c1-4-7-8-10(5-2)11(9-13)12(14)15-6-3/h4-8H2,1-3H3/b11-10+. The van der Waals surface area contributed by atoms with Crippen molar-refractivity contribution in [3.8, 4) is 6.07 Å². The lowest BCUT2D eigenvalue weighted by molar-refractivity contribution is -0.138. The number of nitrogens with zero attached hydrogens (tertiary/aromatic N) is 1. The number of allylic oxidation sites excluding steroid dienone is 1. The third-order valence-electron chi connectivity index (χ3n) is 2.20. The fourth-order valence-corrected chi connectivity index (χ4v) is 1.34. The van der Waals surface area contributed by atoms with E-state index in [2.05, 4.69) is 6.92 Å². The SMILES string of the molecule is CCCC/C(CC)=C(\C#N)C(=O)OCC. The highest BCUT2D eigenvalue weighted by atomic mass is 16.5. The molecule has 0 N–H and O–H groups in total. The monoisotopic (exact) mass is 209 g/mol. The second-order valence-electron chi connectivity index (χ2n) is 3.27. The first-order valence-corrected chi connectivity index (χ1v) is 5.50. The molecular formula is C12H19NO2. The van der Waals surface area contributed by atoms with E-state index in [0.717, 1.165) is 31.3 Å². The number of nitriles is 1. The maximum Gasteiger partial charge on any atom is 0.348 e. The lowest BCUT2D eigenvalue weighted by Gasteiger charge is -2.07. The Morgan fingerprint density at radius 2 is 2.00 bits per heavy atom. The molecule has 0 aliphatic carbocycles. The van der Waals surface area contributed by atoms with Gasteiger partial charge in [-0.05, 0) is 31.8 Å². The summed E-state index contributed by atoms with van der Waals surface area (Å²) in [5.41, 5.74) is 1.12. The maximum absolute atomic E-state index is 11.4. The first-order chi connectivity index (χ1) is 7.21. The minimum absolute atomic E-state index is 0.202. The molecule has 3 nitrogen and oxygen atoms in total. The van der Waals surface area contributed by atoms with E-state index in [1.165, 1.54) is 0 Å². The number of rotatable bonds is 6. The van der Waals surface area contributed by atoms with Crippen molar-refractivity contribution >= 4 is 5.97 Å². The molecule has 0 aromatic rings. The summed E-state index contributed by atoms with van der Waals surface area (Å²) in [6.45, 7) is 6.10. The van der Waals surface area contributed by atoms with Crippen LogP contribution in [-0.2, 0) is 9.53 Å². The summed E-state index contributed by atoms with van der Waals surface area (Å²) in [5.74, 6) is -0.479. The molecule has 84 valence electrons. The van der Waals surface area contributed by atoms with Crippen LogP contribution in [0.1, 0.15) is 46.5 Å². The normalized spacial score (nSPS) is 11.6. The Bertz CT molecular complexity index is 274. The number of esters is 1. The Morgan fingerprint density at radius 3 is 2.40 bits per heavy atom. The summed E-state index contributed by atoms with van der Waals surface area (Å²) in [4.78, 5) is 11.4. The van der Waals surface area contributed by atoms with E-state index >= 15 is 0 Å². The van der Waals surface area contributed by atoms with E-state index in [1.54, 1.807) is 6.92 Å². The molecule has 0 amide bonds. The van der Waals surface area contributed by atoms with Crippen molar-refractivity contribution in [3.05, 3.63) is 11.1 Å². The molecule has 0 aromatic carbocycles. The van der Waals surface area contributed by atoms with Crippen molar-refractivity contribution in [2.45, 2.75) is 46.5 Å². The number of hydrogen-bond acceptors (Lipinski definition) is 3. The fourth-order valence-electron chi connectivity index (χ4n) is 1.34. The van der Waals surface area contributed by atoms with Crippen molar-refractivity contribution in [1.82, 2.24) is 0 Å². The van der Waals surface area contributed by atoms with E-state index < -0.39 is 5.97 Å². The lowest BCUT2D eigenvalue weighted by Crippen LogP contribution is -2.09. The largest absolute Gasteiger partial charge is 0.462 e. The van der Waals surface area contributed by atoms with Crippen LogP contribution in [0.2, 0.25) is 0 Å². The molecule has 0 unspecified atom stereocenters. The number of hydrogen-bond donors (Lipinski definition) is 0. The highest BCUT2D eigenvalue weighted by molar-refractivity contribution is 5.93. The summed E-state index contributed by atoms with van der Waals surface area (Å²) >= 11 is 0. The summed E-state index contributed by atoms with van der Waals surface area (Å²) in [6.07, 6.45) is 3.62. The van der Waals surface area contributed by atoms with Gasteiger partial charge in [0.1, 0.15) is 11.6 Å². The molecule has 0 saturated heterocycles. The van der Waals surface area contributed by atoms with Gasteiger partial charge in [-0.2, -0.15) is 5.26 Å². The molecule has 0 saturated carbocycles. The van der Waals surface area contributed by atoms with Gasteiger partial charge in [-0.3, -0.25) is 0 Å². The van der Waals surface area contributed by atoms with Crippen molar-refractivity contribution in [2.75, 3.05) is 6.61 Å². The van der Waals surface area contributed by atoms with E-state index in [1.807, 2.05) is 13.0 Å². The lowest BCUT2D eigenvalue weighted by atomic mass is 10.0. The topological polar surface area (TPSA) is 50.1 Å². The van der Waals surface area contributed by atoms with E-state index in [9.17, 15) is 4.79 Å². The van der Waals surface area contributed by atoms with E-state index in [0.29, 0.717) is 6.61 Å². The number of unbranched alkanes of at least 4 members (excludes halogenated alkanes) is 1. The van der Waals surface area contributed by atoms with Gasteiger partial charge in [-0.1, -0.05) is 20.3 Å². The highest BCUT2D eigenvalue weighted by Crippen LogP contribution is 2.17. The summed E-state index contributed by atoms with van der Waals surface area (Å²) < 4.78 is 4.84. The minimum Gasteiger partial charge on any atom is -0.462 e. The second-order valence-corrected chi connectivity index (χ2v) is 3.27. The molecular weight excluding hydrogens is 190 g/mol. The van der Waals surface area contributed by atoms with Gasteiger partial charge in [0.05, 0.1) is 6.61 Å². The zero-order valence-electron chi connectivity index (χ0n) is 9.80. The molecule has 0 bridgehead atoms. The minimum atomic E-state index is -0.479. The molecule has 0 fully saturated rings. The summed E-state index contributed by atoms with van der Waals surface area (Å²) in [5, 5.41) is 8.92. The Kier molecular flexibility index (Phi) is 7.35. The van der Waals surface area contributed by atoms with Gasteiger partial charge in [-0.25, -0.2) is 4.79 Å². The van der Waals surface area contributed by atoms with Gasteiger partial charge in [0.15, 0.2) is 0 Å². The Balaban J connectivity index is 4.74. The van der Waals surface area contributed by atoms with Gasteiger partial charge in [-0.15, -0.1) is 0 Å². The zero-order valence-corrected chi connectivity index (χ0v) is 9.80. The molecule has 0 rings (SSSR count). The smallest absolute Gasteiger partial charge is 0.348 e. The van der Waals surface area contributed by atoms with Crippen molar-refractivity contribution in [3.63, 3.8) is 0 Å². The maximum atomic E-state index is 11.4. The van der Waals surface area contributed by atoms with Gasteiger partial charge < -0.3 is 4.74 Å². The Labute approximate surface area is 91.7 Å². The van der Waals surface area contributed by atoms with Crippen LogP contribution in [0.5, 0.6) is 0 Å². The van der Waals surface area contributed by atoms with Crippen molar-refractivity contribution in [2.24, 2.45) is 0 Å². The van der Waals surface area contributed by atoms with Gasteiger partial charge in [0, 0.05) is 0 Å². The molecule has 15 heavy (non-hydrogen) atoms. The number of carbonyl (C=O) groups excluding carboxylic acids is 1. The summed E-state index contributed by atoms with van der Waals surface area (Å²) in [7, 11) is 0. The van der Waals surface area contributed by atoms with Crippen molar-refractivity contribution in [1.29, 1.82) is 5.26 Å². The van der Waals surface area contributed by atoms with Crippen LogP contribution in [0.15, 0.2) is 11.1 Å². The average molecular weight is 209 g/mol. The Hall–Kier alpha value is -1.30. The molecule has 0 radical (unpaired) electrons. The predicted octanol–water partition coefficient (Wildman–Crippen LogP) is 2.97. The molecule has 0 heterocycles. The van der Waals surface area contributed by atoms with Crippen LogP contribution in [-0.4, -0.2) is 12.6 Å². The van der Waals surface area contributed by atoms with Gasteiger partial charge in [0.25, 0.3) is 0 Å². The van der Waals surface area contributed by atoms with Crippen molar-refractivity contribution < 1.29 is 9.53 Å². The van der Waals surface area contributed by atoms with E-state index in [4.69, 9.17) is 10.00 Å². The molecule has 0 aliphatic heterocycles. The first-order valence-electron chi connectivity index (χ1n) is 5.50. The average Bonchev–Trinajstić information content (AvgIpc) is 2.24. The van der Waals surface area contributed by atoms with Gasteiger partial charge in [0.2, 0.25) is 0 Å². The highest BCUT2D eigenvalue weighted by Gasteiger charge is 2.14. The van der Waals surface area contributed by atoms with Crippen LogP contribution >= 0.6 is 0 Å². The molecule has 0 aromatic heterocycles. The third-order valence-corrected chi connectivity index (χ3v) is 2.20. The van der Waals surface area contributed by atoms with E-state index in [-0.39, 0.29) is 5.57 Å². The molecule has 3 heteroatoms. The first kappa shape index (κ1) is 13.7. The molecule has 0 aliphatic rings. The van der Waals surface area contributed by atoms with Crippen LogP contribution in [0.25, 0.3) is 0 Å². The quantitative estimate of drug-likeness (QED) is 0.384. The van der Waals surface area contributed by atoms with Gasteiger partial charge >= 0.3 is 5.97 Å². The number of carbonyl (C=O) groups is 1. The second kappa shape index (κ2) is 8.05. The molecule has 0 spiro atoms. The van der Waals surface area contributed by atoms with Crippen LogP contribution in [0.4, 0.5) is 0 Å². The number of ether oxygens (including phenoxy) is 1. The zero-order chi connectivity index (χ0) is 11.7. The molecule has 0 atom stereocenters. The van der Waals surface area contributed by atoms with Crippen LogP contribution < -0.4 is 0 Å². The fraction of sp³-hybridized carbons (Fsp3) is 0.667. The van der Waals surface area contributed by atoms with Crippen LogP contribution in [0, 0.1) is 11.3 Å². The summed E-state index contributed by atoms with van der Waals surface area (Å²) in [6, 6.07) is 1.95. The Morgan fingerprint density at radius 1 is 1.33 bits per heavy atom.